The molecule has 2 rings (SSSR count). The van der Waals surface area contributed by atoms with Crippen LogP contribution in [0.1, 0.15) is 18.7 Å². The van der Waals surface area contributed by atoms with Gasteiger partial charge in [-0.05, 0) is 38.8 Å². The van der Waals surface area contributed by atoms with Crippen LogP contribution in [0.5, 0.6) is 0 Å². The number of nitrogens with zero attached hydrogens (tertiary/aromatic N) is 3. The molecule has 0 radical (unpaired) electrons. The number of hydrogen-bond acceptors (Lipinski definition) is 3. The number of hydrogen-bond donors (Lipinski definition) is 1. The summed E-state index contributed by atoms with van der Waals surface area (Å²) in [5.74, 6) is 1.60. The predicted octanol–water partition coefficient (Wildman–Crippen LogP) is 0.896. The van der Waals surface area contributed by atoms with Crippen molar-refractivity contribution in [2.45, 2.75) is 26.3 Å². The Kier molecular flexibility index (Phi) is 3.96. The number of aliphatic hydroxyl groups excluding tert-OH is 1. The van der Waals surface area contributed by atoms with Crippen LogP contribution >= 0.6 is 0 Å². The molecule has 1 atom stereocenters. The van der Waals surface area contributed by atoms with E-state index >= 15 is 0 Å². The zero-order valence-electron chi connectivity index (χ0n) is 9.97. The molecule has 1 aliphatic heterocycles. The van der Waals surface area contributed by atoms with E-state index < -0.39 is 0 Å². The first kappa shape index (κ1) is 11.6. The lowest BCUT2D eigenvalue weighted by molar-refractivity contribution is 0.220. The Hall–Kier alpha value is -0.870. The van der Waals surface area contributed by atoms with Crippen LogP contribution in [-0.2, 0) is 6.54 Å². The number of aliphatic hydroxyl groups is 1. The van der Waals surface area contributed by atoms with E-state index in [1.54, 1.807) is 0 Å². The third-order valence-electron chi connectivity index (χ3n) is 3.43. The van der Waals surface area contributed by atoms with E-state index in [1.807, 2.05) is 19.3 Å². The van der Waals surface area contributed by atoms with Gasteiger partial charge in [0.1, 0.15) is 5.82 Å². The molecular formula is C12H21N3O. The maximum absolute atomic E-state index is 9.06. The van der Waals surface area contributed by atoms with Gasteiger partial charge in [-0.1, -0.05) is 0 Å². The smallest absolute Gasteiger partial charge is 0.105 e. The highest BCUT2D eigenvalue weighted by molar-refractivity contribution is 4.88. The summed E-state index contributed by atoms with van der Waals surface area (Å²) < 4.78 is 2.19. The quantitative estimate of drug-likeness (QED) is 0.806. The van der Waals surface area contributed by atoms with E-state index in [1.165, 1.54) is 0 Å². The van der Waals surface area contributed by atoms with Gasteiger partial charge in [-0.3, -0.25) is 0 Å². The first-order valence-electron chi connectivity index (χ1n) is 6.10. The normalized spacial score (nSPS) is 21.8. The molecule has 0 amide bonds. The van der Waals surface area contributed by atoms with Gasteiger partial charge in [0.2, 0.25) is 0 Å². The molecule has 0 bridgehead atoms. The molecule has 1 aliphatic rings. The lowest BCUT2D eigenvalue weighted by atomic mass is 10.1. The molecule has 0 spiro atoms. The maximum Gasteiger partial charge on any atom is 0.105 e. The monoisotopic (exact) mass is 223 g/mol. The largest absolute Gasteiger partial charge is 0.396 e. The fourth-order valence-corrected chi connectivity index (χ4v) is 2.37. The number of aromatic nitrogens is 2. The third kappa shape index (κ3) is 2.83. The summed E-state index contributed by atoms with van der Waals surface area (Å²) in [6, 6.07) is 0. The highest BCUT2D eigenvalue weighted by Crippen LogP contribution is 2.15. The van der Waals surface area contributed by atoms with Crippen LogP contribution in [0.25, 0.3) is 0 Å². The Morgan fingerprint density at radius 3 is 3.00 bits per heavy atom. The van der Waals surface area contributed by atoms with Gasteiger partial charge in [0.25, 0.3) is 0 Å². The average molecular weight is 223 g/mol. The number of rotatable bonds is 5. The third-order valence-corrected chi connectivity index (χ3v) is 3.43. The molecule has 4 nitrogen and oxygen atoms in total. The standard InChI is InChI=1S/C12H21N3O/c1-11-13-4-8-15(11)6-2-5-14-7-3-12(9-14)10-16/h4,8,12,16H,2-3,5-7,9-10H2,1H3. The summed E-state index contributed by atoms with van der Waals surface area (Å²) in [5, 5.41) is 9.06. The molecule has 0 aromatic carbocycles. The van der Waals surface area contributed by atoms with E-state index in [4.69, 9.17) is 5.11 Å². The Morgan fingerprint density at radius 1 is 1.50 bits per heavy atom. The van der Waals surface area contributed by atoms with Gasteiger partial charge in [0.05, 0.1) is 0 Å². The summed E-state index contributed by atoms with van der Waals surface area (Å²) in [6.07, 6.45) is 6.21. The van der Waals surface area contributed by atoms with Crippen LogP contribution in [0.15, 0.2) is 12.4 Å². The minimum atomic E-state index is 0.344. The van der Waals surface area contributed by atoms with E-state index in [0.29, 0.717) is 12.5 Å². The van der Waals surface area contributed by atoms with E-state index in [2.05, 4.69) is 14.5 Å². The molecule has 0 aliphatic carbocycles. The van der Waals surface area contributed by atoms with Gasteiger partial charge in [-0.2, -0.15) is 0 Å². The Morgan fingerprint density at radius 2 is 2.38 bits per heavy atom. The molecule has 0 saturated carbocycles. The summed E-state index contributed by atoms with van der Waals surface area (Å²) in [4.78, 5) is 6.66. The van der Waals surface area contributed by atoms with Crippen molar-refractivity contribution in [2.24, 2.45) is 5.92 Å². The SMILES string of the molecule is Cc1nccn1CCCN1CCC(CO)C1. The fraction of sp³-hybridized carbons (Fsp3) is 0.750. The van der Waals surface area contributed by atoms with Gasteiger partial charge < -0.3 is 14.6 Å². The second-order valence-electron chi connectivity index (χ2n) is 4.66. The minimum absolute atomic E-state index is 0.344. The molecule has 1 unspecified atom stereocenters. The second kappa shape index (κ2) is 5.46. The zero-order valence-corrected chi connectivity index (χ0v) is 9.97. The van der Waals surface area contributed by atoms with Crippen LogP contribution < -0.4 is 0 Å². The van der Waals surface area contributed by atoms with Gasteiger partial charge in [0, 0.05) is 32.1 Å². The van der Waals surface area contributed by atoms with Crippen molar-refractivity contribution in [3.63, 3.8) is 0 Å². The molecule has 1 aromatic rings. The predicted molar refractivity (Wildman–Crippen MR) is 63.2 cm³/mol. The molecule has 1 fully saturated rings. The molecule has 4 heteroatoms. The summed E-state index contributed by atoms with van der Waals surface area (Å²) in [7, 11) is 0. The topological polar surface area (TPSA) is 41.3 Å². The van der Waals surface area contributed by atoms with Gasteiger partial charge in [-0.15, -0.1) is 0 Å². The Balaban J connectivity index is 1.67. The lowest BCUT2D eigenvalue weighted by Crippen LogP contribution is -2.23. The van der Waals surface area contributed by atoms with Gasteiger partial charge in [-0.25, -0.2) is 4.98 Å². The van der Waals surface area contributed by atoms with E-state index in [-0.39, 0.29) is 0 Å². The maximum atomic E-state index is 9.06. The number of imidazole rings is 1. The van der Waals surface area contributed by atoms with Gasteiger partial charge >= 0.3 is 0 Å². The van der Waals surface area contributed by atoms with Crippen LogP contribution in [-0.4, -0.2) is 45.8 Å². The Bertz CT molecular complexity index is 324. The molecule has 16 heavy (non-hydrogen) atoms. The van der Waals surface area contributed by atoms with Crippen molar-refractivity contribution in [1.29, 1.82) is 0 Å². The van der Waals surface area contributed by atoms with Crippen molar-refractivity contribution >= 4 is 0 Å². The van der Waals surface area contributed by atoms with Crippen LogP contribution in [0.3, 0.4) is 0 Å². The average Bonchev–Trinajstić information content (AvgIpc) is 2.89. The second-order valence-corrected chi connectivity index (χ2v) is 4.66. The van der Waals surface area contributed by atoms with Crippen LogP contribution in [0.4, 0.5) is 0 Å². The molecule has 90 valence electrons. The molecule has 1 saturated heterocycles. The van der Waals surface area contributed by atoms with Crippen LogP contribution in [0.2, 0.25) is 0 Å². The highest BCUT2D eigenvalue weighted by atomic mass is 16.3. The Labute approximate surface area is 96.9 Å². The van der Waals surface area contributed by atoms with Crippen molar-refractivity contribution in [3.8, 4) is 0 Å². The lowest BCUT2D eigenvalue weighted by Gasteiger charge is -2.15. The minimum Gasteiger partial charge on any atom is -0.396 e. The molecular weight excluding hydrogens is 202 g/mol. The highest BCUT2D eigenvalue weighted by Gasteiger charge is 2.20. The first-order valence-corrected chi connectivity index (χ1v) is 6.10. The summed E-state index contributed by atoms with van der Waals surface area (Å²) in [5.41, 5.74) is 0. The van der Waals surface area contributed by atoms with Crippen molar-refractivity contribution in [1.82, 2.24) is 14.5 Å². The molecule has 2 heterocycles. The summed E-state index contributed by atoms with van der Waals surface area (Å²) >= 11 is 0. The van der Waals surface area contributed by atoms with Crippen LogP contribution in [0, 0.1) is 12.8 Å². The fourth-order valence-electron chi connectivity index (χ4n) is 2.37. The first-order chi connectivity index (χ1) is 7.79. The van der Waals surface area contributed by atoms with Crippen molar-refractivity contribution in [3.05, 3.63) is 18.2 Å². The molecule has 1 N–H and O–H groups in total. The van der Waals surface area contributed by atoms with E-state index in [0.717, 1.165) is 44.8 Å². The van der Waals surface area contributed by atoms with Crippen molar-refractivity contribution < 1.29 is 5.11 Å². The zero-order chi connectivity index (χ0) is 11.4. The van der Waals surface area contributed by atoms with E-state index in [9.17, 15) is 0 Å². The number of likely N-dealkylation sites (tertiary alicyclic amines) is 1. The van der Waals surface area contributed by atoms with Crippen molar-refractivity contribution in [2.75, 3.05) is 26.2 Å². The summed E-state index contributed by atoms with van der Waals surface area (Å²) in [6.45, 7) is 6.78. The molecule has 1 aromatic heterocycles. The van der Waals surface area contributed by atoms with Gasteiger partial charge in [0.15, 0.2) is 0 Å². The number of aryl methyl sites for hydroxylation is 2.